The van der Waals surface area contributed by atoms with E-state index < -0.39 is 0 Å². The van der Waals surface area contributed by atoms with Crippen LogP contribution in [0.5, 0.6) is 0 Å². The Labute approximate surface area is 88.6 Å². The Morgan fingerprint density at radius 3 is 2.80 bits per heavy atom. The van der Waals surface area contributed by atoms with Crippen LogP contribution in [0.25, 0.3) is 11.1 Å². The molecule has 1 aromatic carbocycles. The first-order valence-electron chi connectivity index (χ1n) is 4.71. The number of nitriles is 1. The lowest BCUT2D eigenvalue weighted by atomic mass is 9.99. The zero-order valence-corrected chi connectivity index (χ0v) is 8.73. The first kappa shape index (κ1) is 9.47. The van der Waals surface area contributed by atoms with Gasteiger partial charge in [0.25, 0.3) is 0 Å². The highest BCUT2D eigenvalue weighted by Crippen LogP contribution is 2.24. The van der Waals surface area contributed by atoms with Crippen molar-refractivity contribution in [3.63, 3.8) is 0 Å². The first-order valence-corrected chi connectivity index (χ1v) is 4.71. The van der Waals surface area contributed by atoms with Crippen molar-refractivity contribution in [3.8, 4) is 17.2 Å². The fourth-order valence-corrected chi connectivity index (χ4v) is 1.62. The van der Waals surface area contributed by atoms with Crippen LogP contribution in [0.15, 0.2) is 30.6 Å². The van der Waals surface area contributed by atoms with Gasteiger partial charge in [-0.15, -0.1) is 0 Å². The lowest BCUT2D eigenvalue weighted by Crippen LogP contribution is -1.87. The van der Waals surface area contributed by atoms with E-state index in [9.17, 15) is 0 Å². The zero-order valence-electron chi connectivity index (χ0n) is 8.73. The molecule has 0 radical (unpaired) electrons. The summed E-state index contributed by atoms with van der Waals surface area (Å²) in [5, 5.41) is 13.2. The molecule has 1 aromatic heterocycles. The Kier molecular flexibility index (Phi) is 2.26. The van der Waals surface area contributed by atoms with Gasteiger partial charge in [0.1, 0.15) is 6.07 Å². The number of benzene rings is 1. The van der Waals surface area contributed by atoms with E-state index in [2.05, 4.69) is 11.2 Å². The molecule has 0 amide bonds. The smallest absolute Gasteiger partial charge is 0.100 e. The average Bonchev–Trinajstić information content (AvgIpc) is 2.64. The fourth-order valence-electron chi connectivity index (χ4n) is 1.62. The molecular formula is C12H11N3. The second-order valence-electron chi connectivity index (χ2n) is 3.51. The summed E-state index contributed by atoms with van der Waals surface area (Å²) in [6.07, 6.45) is 3.69. The van der Waals surface area contributed by atoms with Crippen molar-refractivity contribution in [2.45, 2.75) is 6.92 Å². The highest BCUT2D eigenvalue weighted by Gasteiger charge is 2.08. The van der Waals surface area contributed by atoms with Crippen LogP contribution in [0, 0.1) is 18.3 Å². The summed E-state index contributed by atoms with van der Waals surface area (Å²) in [5.74, 6) is 0. The maximum atomic E-state index is 9.09. The third-order valence-corrected chi connectivity index (χ3v) is 2.40. The van der Waals surface area contributed by atoms with Crippen LogP contribution in [0.4, 0.5) is 0 Å². The number of aryl methyl sites for hydroxylation is 2. The van der Waals surface area contributed by atoms with E-state index in [0.29, 0.717) is 0 Å². The number of aromatic nitrogens is 2. The highest BCUT2D eigenvalue weighted by molar-refractivity contribution is 5.70. The monoisotopic (exact) mass is 197 g/mol. The Morgan fingerprint density at radius 2 is 2.20 bits per heavy atom. The van der Waals surface area contributed by atoms with Crippen molar-refractivity contribution in [2.24, 2.45) is 7.05 Å². The summed E-state index contributed by atoms with van der Waals surface area (Å²) < 4.78 is 1.73. The summed E-state index contributed by atoms with van der Waals surface area (Å²) >= 11 is 0. The Hall–Kier alpha value is -2.08. The van der Waals surface area contributed by atoms with E-state index >= 15 is 0 Å². The second-order valence-corrected chi connectivity index (χ2v) is 3.51. The first-order chi connectivity index (χ1) is 7.22. The lowest BCUT2D eigenvalue weighted by molar-refractivity contribution is 0.768. The predicted molar refractivity (Wildman–Crippen MR) is 58.1 cm³/mol. The van der Waals surface area contributed by atoms with Gasteiger partial charge in [-0.2, -0.15) is 10.4 Å². The van der Waals surface area contributed by atoms with E-state index in [0.717, 1.165) is 22.3 Å². The van der Waals surface area contributed by atoms with Crippen molar-refractivity contribution in [2.75, 3.05) is 0 Å². The average molecular weight is 197 g/mol. The van der Waals surface area contributed by atoms with Gasteiger partial charge in [-0.1, -0.05) is 18.2 Å². The maximum Gasteiger partial charge on any atom is 0.100 e. The minimum absolute atomic E-state index is 0.727. The lowest BCUT2D eigenvalue weighted by Gasteiger charge is -2.03. The van der Waals surface area contributed by atoms with Gasteiger partial charge in [0.2, 0.25) is 0 Å². The molecule has 74 valence electrons. The molecule has 15 heavy (non-hydrogen) atoms. The third-order valence-electron chi connectivity index (χ3n) is 2.40. The number of nitrogens with zero attached hydrogens (tertiary/aromatic N) is 3. The zero-order chi connectivity index (χ0) is 10.8. The second kappa shape index (κ2) is 3.58. The predicted octanol–water partition coefficient (Wildman–Crippen LogP) is 2.27. The van der Waals surface area contributed by atoms with Gasteiger partial charge < -0.3 is 0 Å². The summed E-state index contributed by atoms with van der Waals surface area (Å²) in [6, 6.07) is 8.08. The molecular weight excluding hydrogens is 186 g/mol. The highest BCUT2D eigenvalue weighted by atomic mass is 15.2. The molecule has 1 heterocycles. The third kappa shape index (κ3) is 1.62. The molecule has 0 unspecified atom stereocenters. The van der Waals surface area contributed by atoms with Crippen molar-refractivity contribution < 1.29 is 0 Å². The Morgan fingerprint density at radius 1 is 1.40 bits per heavy atom. The van der Waals surface area contributed by atoms with Gasteiger partial charge >= 0.3 is 0 Å². The van der Waals surface area contributed by atoms with Crippen molar-refractivity contribution in [1.29, 1.82) is 5.26 Å². The van der Waals surface area contributed by atoms with Gasteiger partial charge in [0, 0.05) is 24.4 Å². The molecule has 0 atom stereocenters. The molecule has 0 aliphatic carbocycles. The van der Waals surface area contributed by atoms with Gasteiger partial charge in [-0.05, 0) is 12.5 Å². The van der Waals surface area contributed by atoms with Crippen LogP contribution < -0.4 is 0 Å². The standard InChI is InChI=1S/C12H11N3/c1-9-4-3-5-11(12(9)6-13)10-7-14-15(2)8-10/h3-5,7-8H,1-2H3. The summed E-state index contributed by atoms with van der Waals surface area (Å²) in [5.41, 5.74) is 3.66. The van der Waals surface area contributed by atoms with E-state index in [4.69, 9.17) is 5.26 Å². The summed E-state index contributed by atoms with van der Waals surface area (Å²) in [4.78, 5) is 0. The van der Waals surface area contributed by atoms with Crippen molar-refractivity contribution >= 4 is 0 Å². The molecule has 3 heteroatoms. The van der Waals surface area contributed by atoms with Crippen LogP contribution in [-0.4, -0.2) is 9.78 Å². The molecule has 0 spiro atoms. The van der Waals surface area contributed by atoms with Crippen LogP contribution in [0.2, 0.25) is 0 Å². The van der Waals surface area contributed by atoms with Crippen molar-refractivity contribution in [1.82, 2.24) is 9.78 Å². The Bertz CT molecular complexity index is 532. The summed E-state index contributed by atoms with van der Waals surface area (Å²) in [7, 11) is 1.87. The molecule has 0 aliphatic rings. The Balaban J connectivity index is 2.63. The molecule has 0 saturated carbocycles. The molecule has 2 aromatic rings. The normalized spacial score (nSPS) is 9.93. The topological polar surface area (TPSA) is 41.6 Å². The van der Waals surface area contributed by atoms with Crippen molar-refractivity contribution in [3.05, 3.63) is 41.7 Å². The van der Waals surface area contributed by atoms with E-state index in [-0.39, 0.29) is 0 Å². The minimum Gasteiger partial charge on any atom is -0.275 e. The molecule has 3 nitrogen and oxygen atoms in total. The fraction of sp³-hybridized carbons (Fsp3) is 0.167. The minimum atomic E-state index is 0.727. The molecule has 0 saturated heterocycles. The number of hydrogen-bond donors (Lipinski definition) is 0. The van der Waals surface area contributed by atoms with Gasteiger partial charge in [0.05, 0.1) is 11.8 Å². The van der Waals surface area contributed by atoms with Crippen LogP contribution in [0.1, 0.15) is 11.1 Å². The molecule has 0 fully saturated rings. The molecule has 0 N–H and O–H groups in total. The molecule has 0 bridgehead atoms. The van der Waals surface area contributed by atoms with Crippen LogP contribution in [0.3, 0.4) is 0 Å². The molecule has 0 aliphatic heterocycles. The van der Waals surface area contributed by atoms with Crippen LogP contribution >= 0.6 is 0 Å². The largest absolute Gasteiger partial charge is 0.275 e. The summed E-state index contributed by atoms with van der Waals surface area (Å²) in [6.45, 7) is 1.94. The van der Waals surface area contributed by atoms with Gasteiger partial charge in [0.15, 0.2) is 0 Å². The quantitative estimate of drug-likeness (QED) is 0.703. The SMILES string of the molecule is Cc1cccc(-c2cnn(C)c2)c1C#N. The van der Waals surface area contributed by atoms with Gasteiger partial charge in [-0.25, -0.2) is 0 Å². The van der Waals surface area contributed by atoms with Gasteiger partial charge in [-0.3, -0.25) is 4.68 Å². The number of hydrogen-bond acceptors (Lipinski definition) is 2. The van der Waals surface area contributed by atoms with E-state index in [1.807, 2.05) is 38.4 Å². The molecule has 2 rings (SSSR count). The number of rotatable bonds is 1. The van der Waals surface area contributed by atoms with E-state index in [1.165, 1.54) is 0 Å². The van der Waals surface area contributed by atoms with Crippen LogP contribution in [-0.2, 0) is 7.05 Å². The maximum absolute atomic E-state index is 9.09. The van der Waals surface area contributed by atoms with E-state index in [1.54, 1.807) is 10.9 Å².